The van der Waals surface area contributed by atoms with E-state index in [1.807, 2.05) is 38.3 Å². The van der Waals surface area contributed by atoms with Crippen LogP contribution in [-0.2, 0) is 25.5 Å². The number of nitrogens with zero attached hydrogens (tertiary/aromatic N) is 1. The van der Waals surface area contributed by atoms with Crippen LogP contribution in [0.1, 0.15) is 44.9 Å². The number of esters is 1. The number of amides is 2. The first-order chi connectivity index (χ1) is 12.9. The van der Waals surface area contributed by atoms with E-state index in [0.29, 0.717) is 18.7 Å². The van der Waals surface area contributed by atoms with Gasteiger partial charge in [0.1, 0.15) is 11.7 Å². The van der Waals surface area contributed by atoms with Crippen molar-refractivity contribution in [3.05, 3.63) is 33.7 Å². The first-order valence-corrected chi connectivity index (χ1v) is 10.3. The van der Waals surface area contributed by atoms with Crippen molar-refractivity contribution >= 4 is 29.1 Å². The molecule has 3 rings (SSSR count). The first-order valence-electron chi connectivity index (χ1n) is 9.46. The molecule has 0 unspecified atom stereocenters. The number of nitrogens with one attached hydrogen (secondary N) is 1. The zero-order valence-corrected chi connectivity index (χ0v) is 16.8. The maximum Gasteiger partial charge on any atom is 0.355 e. The molecule has 0 radical (unpaired) electrons. The van der Waals surface area contributed by atoms with Crippen molar-refractivity contribution < 1.29 is 19.1 Å². The van der Waals surface area contributed by atoms with E-state index in [9.17, 15) is 14.4 Å². The molecular formula is C20H26N2O4S. The monoisotopic (exact) mass is 390 g/mol. The highest BCUT2D eigenvalue weighted by molar-refractivity contribution is 7.10. The number of ether oxygens (including phenoxy) is 1. The summed E-state index contributed by atoms with van der Waals surface area (Å²) >= 11 is 1.52. The predicted molar refractivity (Wildman–Crippen MR) is 103 cm³/mol. The molecule has 146 valence electrons. The number of allylic oxidation sites excluding steroid dienone is 1. The number of rotatable bonds is 7. The minimum atomic E-state index is -0.552. The van der Waals surface area contributed by atoms with Crippen molar-refractivity contribution in [1.82, 2.24) is 10.2 Å². The van der Waals surface area contributed by atoms with Crippen LogP contribution < -0.4 is 5.32 Å². The van der Waals surface area contributed by atoms with Gasteiger partial charge in [0.2, 0.25) is 5.91 Å². The standard InChI is InChI=1S/C20H26N2O4S/c1-4-13-7-8-15-17(21-16(23)10-14-6-5-9-27-14)19(24)22(15)18(13)20(25)26-11-12(2)3/h5-6,9,12,15,17H,4,7-8,10-11H2,1-3H3,(H,21,23)/t15-,17+/m1/s1. The Labute approximate surface area is 163 Å². The van der Waals surface area contributed by atoms with Crippen molar-refractivity contribution in [2.24, 2.45) is 5.92 Å². The van der Waals surface area contributed by atoms with Crippen LogP contribution in [0.25, 0.3) is 0 Å². The lowest BCUT2D eigenvalue weighted by molar-refractivity contribution is -0.158. The van der Waals surface area contributed by atoms with E-state index in [2.05, 4.69) is 5.32 Å². The second-order valence-electron chi connectivity index (χ2n) is 7.41. The van der Waals surface area contributed by atoms with Gasteiger partial charge in [0, 0.05) is 4.88 Å². The molecular weight excluding hydrogens is 364 g/mol. The molecule has 0 aromatic carbocycles. The van der Waals surface area contributed by atoms with Gasteiger partial charge in [0.25, 0.3) is 5.91 Å². The summed E-state index contributed by atoms with van der Waals surface area (Å²) in [5.74, 6) is -0.580. The Morgan fingerprint density at radius 1 is 1.41 bits per heavy atom. The van der Waals surface area contributed by atoms with E-state index in [0.717, 1.165) is 23.3 Å². The van der Waals surface area contributed by atoms with Crippen molar-refractivity contribution in [3.63, 3.8) is 0 Å². The molecule has 7 heteroatoms. The summed E-state index contributed by atoms with van der Waals surface area (Å²) in [4.78, 5) is 40.1. The van der Waals surface area contributed by atoms with Gasteiger partial charge in [-0.25, -0.2) is 4.79 Å². The second kappa shape index (κ2) is 8.25. The maximum atomic E-state index is 12.7. The van der Waals surface area contributed by atoms with Crippen molar-refractivity contribution in [2.75, 3.05) is 6.61 Å². The highest BCUT2D eigenvalue weighted by Crippen LogP contribution is 2.38. The average Bonchev–Trinajstić information content (AvgIpc) is 3.15. The Hall–Kier alpha value is -2.15. The van der Waals surface area contributed by atoms with E-state index < -0.39 is 12.0 Å². The largest absolute Gasteiger partial charge is 0.461 e. The first kappa shape index (κ1) is 19.6. The molecule has 1 aromatic rings. The van der Waals surface area contributed by atoms with E-state index in [-0.39, 0.29) is 30.2 Å². The molecule has 3 heterocycles. The molecule has 2 aliphatic rings. The van der Waals surface area contributed by atoms with E-state index in [1.165, 1.54) is 11.3 Å². The van der Waals surface area contributed by atoms with Crippen LogP contribution in [0.5, 0.6) is 0 Å². The highest BCUT2D eigenvalue weighted by atomic mass is 32.1. The summed E-state index contributed by atoms with van der Waals surface area (Å²) in [5.41, 5.74) is 1.35. The van der Waals surface area contributed by atoms with E-state index in [4.69, 9.17) is 4.74 Å². The number of hydrogen-bond donors (Lipinski definition) is 1. The zero-order chi connectivity index (χ0) is 19.6. The second-order valence-corrected chi connectivity index (χ2v) is 8.45. The van der Waals surface area contributed by atoms with Gasteiger partial charge in [0.05, 0.1) is 19.1 Å². The summed E-state index contributed by atoms with van der Waals surface area (Å²) in [6, 6.07) is 3.08. The summed E-state index contributed by atoms with van der Waals surface area (Å²) < 4.78 is 5.39. The Bertz CT molecular complexity index is 754. The lowest BCUT2D eigenvalue weighted by Gasteiger charge is -2.50. The predicted octanol–water partition coefficient (Wildman–Crippen LogP) is 2.64. The van der Waals surface area contributed by atoms with Crippen molar-refractivity contribution in [2.45, 2.75) is 58.5 Å². The van der Waals surface area contributed by atoms with Gasteiger partial charge in [0.15, 0.2) is 0 Å². The van der Waals surface area contributed by atoms with Crippen LogP contribution in [0.3, 0.4) is 0 Å². The van der Waals surface area contributed by atoms with Crippen LogP contribution in [0, 0.1) is 5.92 Å². The molecule has 2 amide bonds. The summed E-state index contributed by atoms with van der Waals surface area (Å²) in [7, 11) is 0. The molecule has 0 spiro atoms. The minimum Gasteiger partial charge on any atom is -0.461 e. The van der Waals surface area contributed by atoms with Crippen LogP contribution in [0.2, 0.25) is 0 Å². The topological polar surface area (TPSA) is 75.7 Å². The fourth-order valence-corrected chi connectivity index (χ4v) is 4.28. The normalized spacial score (nSPS) is 21.8. The van der Waals surface area contributed by atoms with Gasteiger partial charge in [-0.05, 0) is 42.2 Å². The van der Waals surface area contributed by atoms with Gasteiger partial charge in [-0.15, -0.1) is 11.3 Å². The smallest absolute Gasteiger partial charge is 0.355 e. The van der Waals surface area contributed by atoms with E-state index >= 15 is 0 Å². The molecule has 2 atom stereocenters. The quantitative estimate of drug-likeness (QED) is 0.574. The van der Waals surface area contributed by atoms with Gasteiger partial charge >= 0.3 is 5.97 Å². The van der Waals surface area contributed by atoms with Gasteiger partial charge in [-0.2, -0.15) is 0 Å². The lowest BCUT2D eigenvalue weighted by Crippen LogP contribution is -2.71. The van der Waals surface area contributed by atoms with Crippen molar-refractivity contribution in [1.29, 1.82) is 0 Å². The SMILES string of the molecule is CCC1=C(C(=O)OCC(C)C)N2C(=O)[C@@H](NC(=O)Cc3cccs3)[C@H]2CC1. The Morgan fingerprint density at radius 2 is 2.19 bits per heavy atom. The average molecular weight is 391 g/mol. The molecule has 1 aromatic heterocycles. The van der Waals surface area contributed by atoms with Crippen LogP contribution in [0.15, 0.2) is 28.8 Å². The number of carbonyl (C=O) groups excluding carboxylic acids is 3. The number of hydrogen-bond acceptors (Lipinski definition) is 5. The molecule has 0 bridgehead atoms. The van der Waals surface area contributed by atoms with Gasteiger partial charge < -0.3 is 10.1 Å². The molecule has 0 saturated carbocycles. The highest BCUT2D eigenvalue weighted by Gasteiger charge is 2.53. The molecule has 0 aliphatic carbocycles. The number of β-lactam (4-membered cyclic amide) rings is 1. The van der Waals surface area contributed by atoms with E-state index in [1.54, 1.807) is 4.90 Å². The Balaban J connectivity index is 1.68. The maximum absolute atomic E-state index is 12.7. The van der Waals surface area contributed by atoms with Gasteiger partial charge in [-0.1, -0.05) is 26.8 Å². The van der Waals surface area contributed by atoms with Crippen LogP contribution >= 0.6 is 11.3 Å². The third-order valence-electron chi connectivity index (χ3n) is 4.94. The minimum absolute atomic E-state index is 0.162. The molecule has 1 fully saturated rings. The molecule has 2 aliphatic heterocycles. The van der Waals surface area contributed by atoms with Crippen LogP contribution in [0.4, 0.5) is 0 Å². The summed E-state index contributed by atoms with van der Waals surface area (Å²) in [6.07, 6.45) is 2.47. The third-order valence-corrected chi connectivity index (χ3v) is 5.81. The van der Waals surface area contributed by atoms with Crippen LogP contribution in [-0.4, -0.2) is 41.4 Å². The Kier molecular flexibility index (Phi) is 5.99. The Morgan fingerprint density at radius 3 is 2.81 bits per heavy atom. The summed E-state index contributed by atoms with van der Waals surface area (Å²) in [6.45, 7) is 6.25. The molecule has 1 N–H and O–H groups in total. The third kappa shape index (κ3) is 4.08. The summed E-state index contributed by atoms with van der Waals surface area (Å²) in [5, 5.41) is 4.77. The van der Waals surface area contributed by atoms with Gasteiger partial charge in [-0.3, -0.25) is 14.5 Å². The lowest BCUT2D eigenvalue weighted by atomic mass is 9.82. The molecule has 27 heavy (non-hydrogen) atoms. The number of thiophene rings is 1. The molecule has 1 saturated heterocycles. The fourth-order valence-electron chi connectivity index (χ4n) is 3.58. The number of fused-ring (bicyclic) bond motifs is 1. The zero-order valence-electron chi connectivity index (χ0n) is 16.0. The fraction of sp³-hybridized carbons (Fsp3) is 0.550. The van der Waals surface area contributed by atoms with Crippen molar-refractivity contribution in [3.8, 4) is 0 Å². The molecule has 6 nitrogen and oxygen atoms in total. The number of carbonyl (C=O) groups is 3.